The molecule has 252 valence electrons. The van der Waals surface area contributed by atoms with Crippen LogP contribution in [0.15, 0.2) is 109 Å². The first-order valence-electron chi connectivity index (χ1n) is 17.5. The Hall–Kier alpha value is -2.95. The van der Waals surface area contributed by atoms with E-state index in [1.807, 2.05) is 0 Å². The van der Waals surface area contributed by atoms with Gasteiger partial charge in [0.1, 0.15) is 6.10 Å². The molecule has 1 unspecified atom stereocenters. The van der Waals surface area contributed by atoms with Gasteiger partial charge in [-0.15, -0.1) is 0 Å². The summed E-state index contributed by atoms with van der Waals surface area (Å²) in [6.07, 6.45) is 54.3. The minimum atomic E-state index is -0.594. The van der Waals surface area contributed by atoms with Crippen molar-refractivity contribution in [3.63, 3.8) is 0 Å². The van der Waals surface area contributed by atoms with Crippen molar-refractivity contribution in [2.45, 2.75) is 123 Å². The molecule has 0 aliphatic rings. The molecule has 0 fully saturated rings. The first-order valence-corrected chi connectivity index (χ1v) is 17.5. The lowest BCUT2D eigenvalue weighted by molar-refractivity contribution is -0.154. The number of aliphatic hydroxyl groups excluding tert-OH is 1. The van der Waals surface area contributed by atoms with Crippen molar-refractivity contribution in [3.05, 3.63) is 109 Å². The molecule has 0 aromatic heterocycles. The number of ether oxygens (including phenoxy) is 2. The number of hydrogen-bond donors (Lipinski definition) is 1. The van der Waals surface area contributed by atoms with E-state index in [9.17, 15) is 9.90 Å². The molecule has 1 atom stereocenters. The molecular formula is C41H64O4. The van der Waals surface area contributed by atoms with E-state index in [4.69, 9.17) is 9.47 Å². The lowest BCUT2D eigenvalue weighted by atomic mass is 10.1. The molecule has 0 rings (SSSR count). The number of esters is 1. The predicted molar refractivity (Wildman–Crippen MR) is 195 cm³/mol. The van der Waals surface area contributed by atoms with Crippen LogP contribution in [0.2, 0.25) is 0 Å². The second-order valence-electron chi connectivity index (χ2n) is 10.8. The molecule has 4 nitrogen and oxygen atoms in total. The Kier molecular flexibility index (Phi) is 34.8. The van der Waals surface area contributed by atoms with Gasteiger partial charge in [0.2, 0.25) is 0 Å². The second kappa shape index (κ2) is 37.2. The molecule has 0 aromatic carbocycles. The molecule has 0 aliphatic heterocycles. The Morgan fingerprint density at radius 2 is 0.933 bits per heavy atom. The summed E-state index contributed by atoms with van der Waals surface area (Å²) >= 11 is 0. The largest absolute Gasteiger partial charge is 0.457 e. The fourth-order valence-corrected chi connectivity index (χ4v) is 4.09. The zero-order chi connectivity index (χ0) is 32.7. The van der Waals surface area contributed by atoms with Crippen molar-refractivity contribution in [2.24, 2.45) is 0 Å². The summed E-state index contributed by atoms with van der Waals surface area (Å²) in [5.41, 5.74) is 0. The molecule has 1 N–H and O–H groups in total. The standard InChI is InChI=1S/C41H64O4/c1-3-5-7-9-11-13-15-17-19-21-22-24-26-28-30-32-34-36-41(43)45-40(38-42)39-44-37-35-33-31-29-27-25-23-20-18-16-14-12-10-8-6-4-2/h5-8,11-14,17-20,22,24-25,27,31,33,40,42H,3-4,9-10,15-16,21,23,26,28-30,32,34-39H2,1-2H3/b7-5-,8-6-,13-11-,14-12-,19-17-,20-18-,24-22-,27-25-,33-31-. The van der Waals surface area contributed by atoms with E-state index in [0.717, 1.165) is 96.3 Å². The van der Waals surface area contributed by atoms with Gasteiger partial charge < -0.3 is 14.6 Å². The average Bonchev–Trinajstić information content (AvgIpc) is 3.05. The maximum Gasteiger partial charge on any atom is 0.306 e. The summed E-state index contributed by atoms with van der Waals surface area (Å²) in [4.78, 5) is 12.1. The van der Waals surface area contributed by atoms with Crippen molar-refractivity contribution >= 4 is 5.97 Å². The van der Waals surface area contributed by atoms with Crippen LogP contribution in [-0.4, -0.2) is 37.0 Å². The summed E-state index contributed by atoms with van der Waals surface area (Å²) in [6.45, 7) is 4.85. The zero-order valence-corrected chi connectivity index (χ0v) is 28.6. The van der Waals surface area contributed by atoms with Gasteiger partial charge >= 0.3 is 5.97 Å². The summed E-state index contributed by atoms with van der Waals surface area (Å²) < 4.78 is 11.0. The van der Waals surface area contributed by atoms with Gasteiger partial charge in [0.15, 0.2) is 0 Å². The van der Waals surface area contributed by atoms with Crippen molar-refractivity contribution in [2.75, 3.05) is 19.8 Å². The fraction of sp³-hybridized carbons (Fsp3) is 0.537. The Bertz CT molecular complexity index is 914. The quantitative estimate of drug-likeness (QED) is 0.0493. The second-order valence-corrected chi connectivity index (χ2v) is 10.8. The highest BCUT2D eigenvalue weighted by atomic mass is 16.6. The number of unbranched alkanes of at least 4 members (excludes halogenated alkanes) is 4. The van der Waals surface area contributed by atoms with Crippen LogP contribution in [-0.2, 0) is 14.3 Å². The van der Waals surface area contributed by atoms with Gasteiger partial charge in [0, 0.05) is 6.42 Å². The van der Waals surface area contributed by atoms with Gasteiger partial charge in [-0.2, -0.15) is 0 Å². The molecule has 0 aliphatic carbocycles. The van der Waals surface area contributed by atoms with Crippen LogP contribution >= 0.6 is 0 Å². The number of rotatable bonds is 30. The van der Waals surface area contributed by atoms with Crippen LogP contribution in [0.3, 0.4) is 0 Å². The minimum absolute atomic E-state index is 0.220. The fourth-order valence-electron chi connectivity index (χ4n) is 4.09. The van der Waals surface area contributed by atoms with Gasteiger partial charge in [0.05, 0.1) is 19.8 Å². The van der Waals surface area contributed by atoms with Crippen LogP contribution in [0.5, 0.6) is 0 Å². The highest BCUT2D eigenvalue weighted by Gasteiger charge is 2.13. The van der Waals surface area contributed by atoms with E-state index in [1.165, 1.54) is 0 Å². The van der Waals surface area contributed by atoms with Gasteiger partial charge in [-0.05, 0) is 83.5 Å². The molecule has 0 heterocycles. The molecule has 0 bridgehead atoms. The number of carbonyl (C=O) groups is 1. The highest BCUT2D eigenvalue weighted by Crippen LogP contribution is 2.08. The van der Waals surface area contributed by atoms with Crippen LogP contribution in [0, 0.1) is 0 Å². The predicted octanol–water partition coefficient (Wildman–Crippen LogP) is 11.2. The Morgan fingerprint density at radius 1 is 0.533 bits per heavy atom. The van der Waals surface area contributed by atoms with Crippen LogP contribution in [0.1, 0.15) is 117 Å². The summed E-state index contributed by atoms with van der Waals surface area (Å²) in [5.74, 6) is -0.255. The maximum absolute atomic E-state index is 12.1. The molecule has 0 saturated heterocycles. The lowest BCUT2D eigenvalue weighted by Gasteiger charge is -2.15. The van der Waals surface area contributed by atoms with E-state index in [-0.39, 0.29) is 19.2 Å². The molecule has 0 spiro atoms. The first kappa shape index (κ1) is 42.0. The van der Waals surface area contributed by atoms with Crippen molar-refractivity contribution in [3.8, 4) is 0 Å². The number of hydrogen-bond acceptors (Lipinski definition) is 4. The molecule has 45 heavy (non-hydrogen) atoms. The first-order chi connectivity index (χ1) is 22.2. The van der Waals surface area contributed by atoms with Crippen LogP contribution < -0.4 is 0 Å². The van der Waals surface area contributed by atoms with E-state index >= 15 is 0 Å². The highest BCUT2D eigenvalue weighted by molar-refractivity contribution is 5.69. The van der Waals surface area contributed by atoms with E-state index in [0.29, 0.717) is 13.0 Å². The molecule has 0 amide bonds. The lowest BCUT2D eigenvalue weighted by Crippen LogP contribution is -2.27. The van der Waals surface area contributed by atoms with Gasteiger partial charge in [-0.25, -0.2) is 0 Å². The Balaban J connectivity index is 3.69. The minimum Gasteiger partial charge on any atom is -0.457 e. The van der Waals surface area contributed by atoms with Crippen LogP contribution in [0.4, 0.5) is 0 Å². The third-order valence-electron chi connectivity index (χ3n) is 6.61. The molecule has 0 radical (unpaired) electrons. The average molecular weight is 621 g/mol. The topological polar surface area (TPSA) is 55.8 Å². The summed E-state index contributed by atoms with van der Waals surface area (Å²) in [7, 11) is 0. The summed E-state index contributed by atoms with van der Waals surface area (Å²) in [5, 5.41) is 9.53. The van der Waals surface area contributed by atoms with Gasteiger partial charge in [-0.3, -0.25) is 4.79 Å². The normalized spacial score (nSPS) is 13.8. The molecule has 0 saturated carbocycles. The van der Waals surface area contributed by atoms with Crippen molar-refractivity contribution < 1.29 is 19.4 Å². The monoisotopic (exact) mass is 620 g/mol. The number of allylic oxidation sites excluding steroid dienone is 17. The number of aliphatic hydroxyl groups is 1. The Morgan fingerprint density at radius 3 is 1.38 bits per heavy atom. The van der Waals surface area contributed by atoms with Crippen molar-refractivity contribution in [1.82, 2.24) is 0 Å². The third-order valence-corrected chi connectivity index (χ3v) is 6.61. The zero-order valence-electron chi connectivity index (χ0n) is 28.6. The van der Waals surface area contributed by atoms with Crippen molar-refractivity contribution in [1.29, 1.82) is 0 Å². The van der Waals surface area contributed by atoms with Gasteiger partial charge in [0.25, 0.3) is 0 Å². The molecule has 0 aromatic rings. The van der Waals surface area contributed by atoms with Gasteiger partial charge in [-0.1, -0.05) is 136 Å². The van der Waals surface area contributed by atoms with E-state index < -0.39 is 6.10 Å². The Labute approximate surface area is 276 Å². The molecular weight excluding hydrogens is 556 g/mol. The maximum atomic E-state index is 12.1. The summed E-state index contributed by atoms with van der Waals surface area (Å²) in [6, 6.07) is 0. The smallest absolute Gasteiger partial charge is 0.306 e. The van der Waals surface area contributed by atoms with E-state index in [1.54, 1.807) is 0 Å². The molecule has 4 heteroatoms. The van der Waals surface area contributed by atoms with E-state index in [2.05, 4.69) is 123 Å². The SMILES string of the molecule is CC/C=C\C/C=C\C/C=C\C/C=C\C/C=C\CCOCC(CO)OC(=O)CCCCCC/C=C\C/C=C\C/C=C\C/C=C\CC. The van der Waals surface area contributed by atoms with Crippen LogP contribution in [0.25, 0.3) is 0 Å². The number of carbonyl (C=O) groups excluding carboxylic acids is 1. The third kappa shape index (κ3) is 35.4.